The summed E-state index contributed by atoms with van der Waals surface area (Å²) in [6.07, 6.45) is 0. The lowest BCUT2D eigenvalue weighted by Gasteiger charge is -2.07. The average Bonchev–Trinajstić information content (AvgIpc) is 2.75. The van der Waals surface area contributed by atoms with Gasteiger partial charge in [-0.3, -0.25) is 4.79 Å². The first-order valence-electron chi connectivity index (χ1n) is 6.54. The van der Waals surface area contributed by atoms with Crippen LogP contribution in [0.15, 0.2) is 12.1 Å². The zero-order valence-corrected chi connectivity index (χ0v) is 12.2. The SMILES string of the molecule is COCC(=O)NCc1c(C(=O)O)[nH]c2cc(C)cc(C)c12. The number of H-pyrrole nitrogens is 1. The number of hydrogen-bond donors (Lipinski definition) is 3. The van der Waals surface area contributed by atoms with Gasteiger partial charge in [-0.2, -0.15) is 0 Å². The fourth-order valence-electron chi connectivity index (χ4n) is 2.53. The highest BCUT2D eigenvalue weighted by molar-refractivity contribution is 5.99. The van der Waals surface area contributed by atoms with Crippen LogP contribution in [-0.4, -0.2) is 35.7 Å². The van der Waals surface area contributed by atoms with Crippen LogP contribution in [0.2, 0.25) is 0 Å². The summed E-state index contributed by atoms with van der Waals surface area (Å²) >= 11 is 0. The summed E-state index contributed by atoms with van der Waals surface area (Å²) in [6.45, 7) is 3.97. The van der Waals surface area contributed by atoms with E-state index in [-0.39, 0.29) is 24.8 Å². The fourth-order valence-corrected chi connectivity index (χ4v) is 2.53. The van der Waals surface area contributed by atoms with Crippen molar-refractivity contribution in [3.8, 4) is 0 Å². The highest BCUT2D eigenvalue weighted by Gasteiger charge is 2.19. The van der Waals surface area contributed by atoms with Gasteiger partial charge in [0, 0.05) is 30.1 Å². The van der Waals surface area contributed by atoms with E-state index in [9.17, 15) is 14.7 Å². The van der Waals surface area contributed by atoms with Crippen LogP contribution in [0.1, 0.15) is 27.2 Å². The Hall–Kier alpha value is -2.34. The quantitative estimate of drug-likeness (QED) is 0.782. The summed E-state index contributed by atoms with van der Waals surface area (Å²) in [5, 5.41) is 12.8. The van der Waals surface area contributed by atoms with Gasteiger partial charge >= 0.3 is 5.97 Å². The first-order valence-corrected chi connectivity index (χ1v) is 6.54. The number of carbonyl (C=O) groups excluding carboxylic acids is 1. The predicted octanol–water partition coefficient (Wildman–Crippen LogP) is 1.75. The number of aromatic amines is 1. The molecule has 2 rings (SSSR count). The smallest absolute Gasteiger partial charge is 0.352 e. The largest absolute Gasteiger partial charge is 0.477 e. The van der Waals surface area contributed by atoms with E-state index >= 15 is 0 Å². The Morgan fingerprint density at radius 1 is 1.33 bits per heavy atom. The Labute approximate surface area is 122 Å². The Morgan fingerprint density at radius 3 is 2.67 bits per heavy atom. The Bertz CT molecular complexity index is 703. The number of nitrogens with one attached hydrogen (secondary N) is 2. The molecule has 6 nitrogen and oxygen atoms in total. The van der Waals surface area contributed by atoms with Crippen molar-refractivity contribution in [2.45, 2.75) is 20.4 Å². The van der Waals surface area contributed by atoms with Crippen LogP contribution in [0, 0.1) is 13.8 Å². The van der Waals surface area contributed by atoms with Gasteiger partial charge in [0.15, 0.2) is 0 Å². The first kappa shape index (κ1) is 15.1. The van der Waals surface area contributed by atoms with Gasteiger partial charge in [0.05, 0.1) is 0 Å². The van der Waals surface area contributed by atoms with Crippen LogP contribution in [0.4, 0.5) is 0 Å². The number of aryl methyl sites for hydroxylation is 2. The molecule has 0 atom stereocenters. The average molecular weight is 290 g/mol. The van der Waals surface area contributed by atoms with Crippen molar-refractivity contribution in [3.05, 3.63) is 34.5 Å². The van der Waals surface area contributed by atoms with Crippen LogP contribution in [-0.2, 0) is 16.1 Å². The normalized spacial score (nSPS) is 10.8. The summed E-state index contributed by atoms with van der Waals surface area (Å²) in [5.74, 6) is -1.33. The number of carboxylic acid groups (broad SMARTS) is 1. The first-order chi connectivity index (χ1) is 9.93. The number of hydrogen-bond acceptors (Lipinski definition) is 3. The molecule has 112 valence electrons. The number of amides is 1. The molecule has 0 radical (unpaired) electrons. The van der Waals surface area contributed by atoms with Gasteiger partial charge in [0.2, 0.25) is 5.91 Å². The van der Waals surface area contributed by atoms with Gasteiger partial charge in [-0.05, 0) is 31.0 Å². The van der Waals surface area contributed by atoms with E-state index in [1.165, 1.54) is 7.11 Å². The number of aromatic nitrogens is 1. The second-order valence-electron chi connectivity index (χ2n) is 5.00. The van der Waals surface area contributed by atoms with Gasteiger partial charge in [0.25, 0.3) is 0 Å². The standard InChI is InChI=1S/C15H18N2O4/c1-8-4-9(2)13-10(6-16-12(18)7-21-3)14(15(19)20)17-11(13)5-8/h4-5,17H,6-7H2,1-3H3,(H,16,18)(H,19,20). The molecule has 3 N–H and O–H groups in total. The Kier molecular flexibility index (Phi) is 4.28. The third-order valence-electron chi connectivity index (χ3n) is 3.29. The van der Waals surface area contributed by atoms with Crippen molar-refractivity contribution in [1.29, 1.82) is 0 Å². The molecule has 1 aromatic carbocycles. The van der Waals surface area contributed by atoms with E-state index < -0.39 is 5.97 Å². The van der Waals surface area contributed by atoms with Crippen LogP contribution < -0.4 is 5.32 Å². The minimum absolute atomic E-state index is 0.0527. The summed E-state index contributed by atoms with van der Waals surface area (Å²) in [6, 6.07) is 3.89. The Morgan fingerprint density at radius 2 is 2.05 bits per heavy atom. The molecule has 0 aliphatic carbocycles. The molecule has 0 bridgehead atoms. The van der Waals surface area contributed by atoms with Gasteiger partial charge in [-0.15, -0.1) is 0 Å². The lowest BCUT2D eigenvalue weighted by molar-refractivity contribution is -0.124. The number of rotatable bonds is 5. The molecule has 0 fully saturated rings. The van der Waals surface area contributed by atoms with Gasteiger partial charge < -0.3 is 20.1 Å². The van der Waals surface area contributed by atoms with Crippen molar-refractivity contribution in [2.75, 3.05) is 13.7 Å². The third-order valence-corrected chi connectivity index (χ3v) is 3.29. The molecule has 1 aromatic heterocycles. The van der Waals surface area contributed by atoms with Crippen molar-refractivity contribution in [3.63, 3.8) is 0 Å². The lowest BCUT2D eigenvalue weighted by Crippen LogP contribution is -2.27. The van der Waals surface area contributed by atoms with Crippen molar-refractivity contribution >= 4 is 22.8 Å². The maximum absolute atomic E-state index is 11.5. The van der Waals surface area contributed by atoms with Crippen LogP contribution in [0.5, 0.6) is 0 Å². The van der Waals surface area contributed by atoms with E-state index in [4.69, 9.17) is 4.74 Å². The molecule has 0 aliphatic rings. The minimum Gasteiger partial charge on any atom is -0.477 e. The molecule has 0 saturated carbocycles. The summed E-state index contributed by atoms with van der Waals surface area (Å²) in [7, 11) is 1.43. The molecule has 21 heavy (non-hydrogen) atoms. The monoisotopic (exact) mass is 290 g/mol. The molecular weight excluding hydrogens is 272 g/mol. The number of aromatic carboxylic acids is 1. The second-order valence-corrected chi connectivity index (χ2v) is 5.00. The molecule has 2 aromatic rings. The van der Waals surface area contributed by atoms with E-state index in [1.807, 2.05) is 26.0 Å². The summed E-state index contributed by atoms with van der Waals surface area (Å²) < 4.78 is 4.74. The second kappa shape index (κ2) is 5.97. The predicted molar refractivity (Wildman–Crippen MR) is 78.5 cm³/mol. The van der Waals surface area contributed by atoms with Crippen molar-refractivity contribution in [1.82, 2.24) is 10.3 Å². The zero-order valence-electron chi connectivity index (χ0n) is 12.2. The number of carboxylic acids is 1. The maximum atomic E-state index is 11.5. The number of ether oxygens (including phenoxy) is 1. The van der Waals surface area contributed by atoms with Crippen LogP contribution in [0.25, 0.3) is 10.9 Å². The molecular formula is C15H18N2O4. The summed E-state index contributed by atoms with van der Waals surface area (Å²) in [5.41, 5.74) is 3.48. The third kappa shape index (κ3) is 3.05. The highest BCUT2D eigenvalue weighted by Crippen LogP contribution is 2.27. The van der Waals surface area contributed by atoms with E-state index in [0.717, 1.165) is 22.0 Å². The lowest BCUT2D eigenvalue weighted by atomic mass is 10.0. The molecule has 0 spiro atoms. The van der Waals surface area contributed by atoms with E-state index in [0.29, 0.717) is 5.56 Å². The van der Waals surface area contributed by atoms with Gasteiger partial charge in [0.1, 0.15) is 12.3 Å². The van der Waals surface area contributed by atoms with Gasteiger partial charge in [-0.25, -0.2) is 4.79 Å². The van der Waals surface area contributed by atoms with Crippen LogP contribution >= 0.6 is 0 Å². The fraction of sp³-hybridized carbons (Fsp3) is 0.333. The van der Waals surface area contributed by atoms with E-state index in [1.54, 1.807) is 0 Å². The molecule has 0 saturated heterocycles. The van der Waals surface area contributed by atoms with Gasteiger partial charge in [-0.1, -0.05) is 6.07 Å². The van der Waals surface area contributed by atoms with Crippen LogP contribution in [0.3, 0.4) is 0 Å². The number of benzene rings is 1. The number of methoxy groups -OCH3 is 1. The van der Waals surface area contributed by atoms with Crippen molar-refractivity contribution in [2.24, 2.45) is 0 Å². The number of carbonyl (C=O) groups is 2. The molecule has 6 heteroatoms. The molecule has 0 unspecified atom stereocenters. The number of fused-ring (bicyclic) bond motifs is 1. The highest BCUT2D eigenvalue weighted by atomic mass is 16.5. The Balaban J connectivity index is 2.46. The zero-order chi connectivity index (χ0) is 15.6. The van der Waals surface area contributed by atoms with E-state index in [2.05, 4.69) is 10.3 Å². The molecule has 1 heterocycles. The molecule has 1 amide bonds. The minimum atomic E-state index is -1.04. The van der Waals surface area contributed by atoms with Crippen molar-refractivity contribution < 1.29 is 19.4 Å². The maximum Gasteiger partial charge on any atom is 0.352 e. The summed E-state index contributed by atoms with van der Waals surface area (Å²) in [4.78, 5) is 25.8. The topological polar surface area (TPSA) is 91.4 Å². The molecule has 0 aliphatic heterocycles.